The number of carbonyl (C=O) groups is 1. The number of aromatic nitrogens is 2. The van der Waals surface area contributed by atoms with Crippen LogP contribution in [0.1, 0.15) is 51.5 Å². The first-order valence-corrected chi connectivity index (χ1v) is 10.9. The van der Waals surface area contributed by atoms with Crippen molar-refractivity contribution in [2.75, 3.05) is 13.2 Å². The van der Waals surface area contributed by atoms with E-state index in [9.17, 15) is 18.8 Å². The van der Waals surface area contributed by atoms with Crippen molar-refractivity contribution >= 4 is 16.8 Å². The lowest BCUT2D eigenvalue weighted by Gasteiger charge is -2.29. The van der Waals surface area contributed by atoms with Crippen LogP contribution in [0.2, 0.25) is 0 Å². The molecule has 1 aromatic heterocycles. The molecular weight excluding hydrogens is 420 g/mol. The number of hydrogen-bond acceptors (Lipinski definition) is 6. The minimum absolute atomic E-state index is 0.0277. The number of Topliss-reactive ketones (excluding diaryl/α,β-unsaturated/α-hetero) is 1. The molecule has 0 radical (unpaired) electrons. The number of hydrogen-bond donors (Lipinski definition) is 0. The van der Waals surface area contributed by atoms with Crippen LogP contribution < -0.4 is 9.47 Å². The first kappa shape index (κ1) is 23.9. The Bertz CT molecular complexity index is 978. The molecule has 0 amide bonds. The quantitative estimate of drug-likeness (QED) is 0.534. The van der Waals surface area contributed by atoms with Gasteiger partial charge >= 0.3 is 0 Å². The summed E-state index contributed by atoms with van der Waals surface area (Å²) in [6, 6.07) is 5.43. The second kappa shape index (κ2) is 10.7. The van der Waals surface area contributed by atoms with E-state index in [-0.39, 0.29) is 35.2 Å². The SMILES string of the molecule is CC(=O)C[C@@H](C)COC1CCC(Oc2nc3c(C#N)cc(OCC(F)F)cc3n2C)CC1. The summed E-state index contributed by atoms with van der Waals surface area (Å²) in [6.07, 6.45) is 1.39. The largest absolute Gasteiger partial charge is 0.488 e. The number of nitriles is 1. The van der Waals surface area contributed by atoms with Gasteiger partial charge in [0.05, 0.1) is 17.2 Å². The lowest BCUT2D eigenvalue weighted by atomic mass is 9.95. The van der Waals surface area contributed by atoms with Crippen LogP contribution in [0.25, 0.3) is 11.0 Å². The third-order valence-electron chi connectivity index (χ3n) is 5.56. The number of halogens is 2. The molecule has 174 valence electrons. The molecule has 0 unspecified atom stereocenters. The molecule has 9 heteroatoms. The van der Waals surface area contributed by atoms with Gasteiger partial charge in [0.1, 0.15) is 35.8 Å². The van der Waals surface area contributed by atoms with Gasteiger partial charge in [-0.05, 0) is 38.5 Å². The van der Waals surface area contributed by atoms with Crippen LogP contribution in [0, 0.1) is 17.2 Å². The molecule has 0 bridgehead atoms. The molecule has 3 rings (SSSR count). The Morgan fingerprint density at radius 3 is 2.56 bits per heavy atom. The van der Waals surface area contributed by atoms with Gasteiger partial charge in [0.25, 0.3) is 12.4 Å². The molecule has 1 aliphatic carbocycles. The van der Waals surface area contributed by atoms with E-state index >= 15 is 0 Å². The fraction of sp³-hybridized carbons (Fsp3) is 0.609. The monoisotopic (exact) mass is 449 g/mol. The van der Waals surface area contributed by atoms with Gasteiger partial charge in [0.15, 0.2) is 0 Å². The lowest BCUT2D eigenvalue weighted by molar-refractivity contribution is -0.118. The minimum Gasteiger partial charge on any atom is -0.488 e. The second-order valence-electron chi connectivity index (χ2n) is 8.47. The lowest BCUT2D eigenvalue weighted by Crippen LogP contribution is -2.30. The average molecular weight is 449 g/mol. The number of alkyl halides is 2. The van der Waals surface area contributed by atoms with Gasteiger partial charge in [0, 0.05) is 32.2 Å². The van der Waals surface area contributed by atoms with Crippen LogP contribution in [0.4, 0.5) is 8.78 Å². The van der Waals surface area contributed by atoms with Crippen molar-refractivity contribution in [2.45, 2.75) is 64.6 Å². The Labute approximate surface area is 186 Å². The summed E-state index contributed by atoms with van der Waals surface area (Å²) in [4.78, 5) is 15.7. The molecule has 32 heavy (non-hydrogen) atoms. The standard InChI is InChI=1S/C23H29F2N3O4/c1-14(8-15(2)29)12-30-17-4-6-18(7-5-17)32-23-27-22-16(11-26)9-19(31-13-21(24)25)10-20(22)28(23)3/h9-10,14,17-18,21H,4-8,12-13H2,1-3H3/t14-,17?,18?/m1/s1. The van der Waals surface area contributed by atoms with Crippen LogP contribution in [0.3, 0.4) is 0 Å². The van der Waals surface area contributed by atoms with Crippen molar-refractivity contribution in [3.05, 3.63) is 17.7 Å². The van der Waals surface area contributed by atoms with E-state index in [1.54, 1.807) is 24.6 Å². The Kier molecular flexibility index (Phi) is 8.02. The number of aryl methyl sites for hydroxylation is 1. The molecule has 1 aliphatic rings. The smallest absolute Gasteiger partial charge is 0.297 e. The van der Waals surface area contributed by atoms with E-state index in [2.05, 4.69) is 4.98 Å². The van der Waals surface area contributed by atoms with Gasteiger partial charge < -0.3 is 19.0 Å². The number of fused-ring (bicyclic) bond motifs is 1. The predicted molar refractivity (Wildman–Crippen MR) is 114 cm³/mol. The van der Waals surface area contributed by atoms with Crippen LogP contribution in [-0.2, 0) is 16.6 Å². The number of carbonyl (C=O) groups excluding carboxylic acids is 1. The van der Waals surface area contributed by atoms with E-state index in [1.165, 1.54) is 6.07 Å². The average Bonchev–Trinajstić information content (AvgIpc) is 3.06. The number of benzene rings is 1. The fourth-order valence-electron chi connectivity index (χ4n) is 3.99. The maximum Gasteiger partial charge on any atom is 0.297 e. The van der Waals surface area contributed by atoms with Crippen LogP contribution in [-0.4, -0.2) is 47.2 Å². The predicted octanol–water partition coefficient (Wildman–Crippen LogP) is 4.41. The first-order valence-electron chi connectivity index (χ1n) is 10.9. The Morgan fingerprint density at radius 1 is 1.25 bits per heavy atom. The molecule has 1 saturated carbocycles. The molecule has 2 aromatic rings. The van der Waals surface area contributed by atoms with E-state index in [4.69, 9.17) is 14.2 Å². The van der Waals surface area contributed by atoms with Crippen molar-refractivity contribution < 1.29 is 27.8 Å². The normalized spacial score (nSPS) is 19.7. The van der Waals surface area contributed by atoms with Gasteiger partial charge in [-0.25, -0.2) is 8.78 Å². The molecular formula is C23H29F2N3O4. The third-order valence-corrected chi connectivity index (χ3v) is 5.56. The summed E-state index contributed by atoms with van der Waals surface area (Å²) in [7, 11) is 1.76. The molecule has 7 nitrogen and oxygen atoms in total. The zero-order valence-electron chi connectivity index (χ0n) is 18.6. The van der Waals surface area contributed by atoms with E-state index in [0.29, 0.717) is 30.1 Å². The maximum absolute atomic E-state index is 12.5. The molecule has 0 aliphatic heterocycles. The zero-order valence-corrected chi connectivity index (χ0v) is 18.6. The van der Waals surface area contributed by atoms with Crippen LogP contribution in [0.15, 0.2) is 12.1 Å². The topological polar surface area (TPSA) is 86.4 Å². The second-order valence-corrected chi connectivity index (χ2v) is 8.47. The highest BCUT2D eigenvalue weighted by molar-refractivity contribution is 5.84. The molecule has 1 fully saturated rings. The van der Waals surface area contributed by atoms with Crippen molar-refractivity contribution in [3.63, 3.8) is 0 Å². The Balaban J connectivity index is 1.61. The number of ether oxygens (including phenoxy) is 3. The van der Waals surface area contributed by atoms with Crippen molar-refractivity contribution in [1.82, 2.24) is 9.55 Å². The summed E-state index contributed by atoms with van der Waals surface area (Å²) in [5.74, 6) is 0.582. The van der Waals surface area contributed by atoms with E-state index in [0.717, 1.165) is 25.7 Å². The van der Waals surface area contributed by atoms with Crippen molar-refractivity contribution in [1.29, 1.82) is 5.26 Å². The number of ketones is 1. The van der Waals surface area contributed by atoms with Crippen molar-refractivity contribution in [3.8, 4) is 17.8 Å². The highest BCUT2D eigenvalue weighted by atomic mass is 19.3. The van der Waals surface area contributed by atoms with Gasteiger partial charge in [-0.2, -0.15) is 10.2 Å². The Morgan fingerprint density at radius 2 is 1.94 bits per heavy atom. The highest BCUT2D eigenvalue weighted by Gasteiger charge is 2.25. The summed E-state index contributed by atoms with van der Waals surface area (Å²) < 4.78 is 43.8. The highest BCUT2D eigenvalue weighted by Crippen LogP contribution is 2.31. The summed E-state index contributed by atoms with van der Waals surface area (Å²) in [5, 5.41) is 9.45. The summed E-state index contributed by atoms with van der Waals surface area (Å²) in [5.41, 5.74) is 1.28. The molecule has 0 N–H and O–H groups in total. The molecule has 1 atom stereocenters. The van der Waals surface area contributed by atoms with Crippen LogP contribution in [0.5, 0.6) is 11.8 Å². The Hall–Kier alpha value is -2.73. The van der Waals surface area contributed by atoms with Crippen LogP contribution >= 0.6 is 0 Å². The summed E-state index contributed by atoms with van der Waals surface area (Å²) in [6.45, 7) is 3.45. The number of nitrogens with zero attached hydrogens (tertiary/aromatic N) is 3. The van der Waals surface area contributed by atoms with Gasteiger partial charge in [0.2, 0.25) is 0 Å². The number of rotatable bonds is 10. The fourth-order valence-corrected chi connectivity index (χ4v) is 3.99. The molecule has 1 aromatic carbocycles. The molecule has 1 heterocycles. The van der Waals surface area contributed by atoms with E-state index in [1.807, 2.05) is 13.0 Å². The third kappa shape index (κ3) is 6.16. The van der Waals surface area contributed by atoms with Gasteiger partial charge in [-0.1, -0.05) is 6.92 Å². The van der Waals surface area contributed by atoms with Crippen molar-refractivity contribution in [2.24, 2.45) is 13.0 Å². The molecule has 0 saturated heterocycles. The number of imidazole rings is 1. The minimum atomic E-state index is -2.60. The maximum atomic E-state index is 12.5. The van der Waals surface area contributed by atoms with Gasteiger partial charge in [-0.15, -0.1) is 0 Å². The first-order chi connectivity index (χ1) is 15.3. The molecule has 0 spiro atoms. The zero-order chi connectivity index (χ0) is 23.3. The van der Waals surface area contributed by atoms with E-state index < -0.39 is 13.0 Å². The summed E-state index contributed by atoms with van der Waals surface area (Å²) >= 11 is 0. The van der Waals surface area contributed by atoms with Gasteiger partial charge in [-0.3, -0.25) is 4.57 Å².